The molecular weight excluding hydrogens is 394 g/mol. The van der Waals surface area contributed by atoms with Crippen LogP contribution in [0.15, 0.2) is 36.8 Å². The maximum absolute atomic E-state index is 11.6. The zero-order valence-corrected chi connectivity index (χ0v) is 16.3. The average molecular weight is 415 g/mol. The standard InChI is InChI=1S/C18H19N5O4.CH2O2/c1-11(24)19-7-8-23-10-20-15(12-5-3-4-6-14(12)27-2)17(23)13-9-21-22-16(13)18(25)26;2-1-3/h3-6,9-10H,7-8H2,1-2H3,(H,19,24)(H,21,22)(H,25,26);1H,(H,2,3). The van der Waals surface area contributed by atoms with Gasteiger partial charge >= 0.3 is 5.97 Å². The molecule has 3 rings (SSSR count). The van der Waals surface area contributed by atoms with Crippen molar-refractivity contribution >= 4 is 18.3 Å². The van der Waals surface area contributed by atoms with E-state index in [2.05, 4.69) is 20.5 Å². The van der Waals surface area contributed by atoms with E-state index in [1.54, 1.807) is 18.0 Å². The highest BCUT2D eigenvalue weighted by molar-refractivity contribution is 5.96. The maximum atomic E-state index is 11.6. The molecule has 2 aromatic heterocycles. The average Bonchev–Trinajstić information content (AvgIpc) is 3.35. The van der Waals surface area contributed by atoms with Gasteiger partial charge in [-0.15, -0.1) is 0 Å². The predicted octanol–water partition coefficient (Wildman–Crippen LogP) is 1.48. The fourth-order valence-corrected chi connectivity index (χ4v) is 2.85. The van der Waals surface area contributed by atoms with Gasteiger partial charge in [-0.3, -0.25) is 14.7 Å². The lowest BCUT2D eigenvalue weighted by Gasteiger charge is -2.12. The number of nitrogens with zero attached hydrogens (tertiary/aromatic N) is 3. The van der Waals surface area contributed by atoms with Crippen molar-refractivity contribution in [1.82, 2.24) is 25.1 Å². The molecule has 0 saturated heterocycles. The normalized spacial score (nSPS) is 9.93. The van der Waals surface area contributed by atoms with Gasteiger partial charge < -0.3 is 24.8 Å². The lowest BCUT2D eigenvalue weighted by atomic mass is 10.0. The first-order valence-corrected chi connectivity index (χ1v) is 8.72. The van der Waals surface area contributed by atoms with Crippen molar-refractivity contribution in [2.75, 3.05) is 13.7 Å². The number of benzene rings is 1. The second-order valence-corrected chi connectivity index (χ2v) is 5.89. The number of carboxylic acids is 1. The van der Waals surface area contributed by atoms with Crippen molar-refractivity contribution in [2.24, 2.45) is 0 Å². The Morgan fingerprint density at radius 3 is 2.63 bits per heavy atom. The molecule has 11 heteroatoms. The monoisotopic (exact) mass is 415 g/mol. The molecule has 0 aliphatic heterocycles. The highest BCUT2D eigenvalue weighted by Gasteiger charge is 2.23. The molecule has 1 aromatic carbocycles. The summed E-state index contributed by atoms with van der Waals surface area (Å²) in [7, 11) is 1.56. The fourth-order valence-electron chi connectivity index (χ4n) is 2.85. The second kappa shape index (κ2) is 10.4. The van der Waals surface area contributed by atoms with Crippen LogP contribution in [0.4, 0.5) is 0 Å². The summed E-state index contributed by atoms with van der Waals surface area (Å²) in [6.07, 6.45) is 3.06. The van der Waals surface area contributed by atoms with Crippen molar-refractivity contribution in [3.63, 3.8) is 0 Å². The van der Waals surface area contributed by atoms with Gasteiger partial charge in [0.25, 0.3) is 6.47 Å². The smallest absolute Gasteiger partial charge is 0.354 e. The van der Waals surface area contributed by atoms with Crippen molar-refractivity contribution in [1.29, 1.82) is 0 Å². The quantitative estimate of drug-likeness (QED) is 0.422. The Kier molecular flexibility index (Phi) is 7.68. The van der Waals surface area contributed by atoms with Crippen LogP contribution in [-0.2, 0) is 16.1 Å². The van der Waals surface area contributed by atoms with Crippen molar-refractivity contribution in [3.05, 3.63) is 42.5 Å². The Hall–Kier alpha value is -4.15. The van der Waals surface area contributed by atoms with E-state index < -0.39 is 5.97 Å². The van der Waals surface area contributed by atoms with Gasteiger partial charge in [-0.25, -0.2) is 9.78 Å². The summed E-state index contributed by atoms with van der Waals surface area (Å²) in [5.41, 5.74) is 2.25. The van der Waals surface area contributed by atoms with Crippen LogP contribution < -0.4 is 10.1 Å². The van der Waals surface area contributed by atoms with Crippen LogP contribution in [0.2, 0.25) is 0 Å². The Balaban J connectivity index is 0.00000101. The Bertz CT molecular complexity index is 1030. The van der Waals surface area contributed by atoms with E-state index >= 15 is 0 Å². The third-order valence-electron chi connectivity index (χ3n) is 4.03. The number of hydrogen-bond donors (Lipinski definition) is 4. The predicted molar refractivity (Wildman–Crippen MR) is 106 cm³/mol. The Labute approximate surface area is 171 Å². The van der Waals surface area contributed by atoms with E-state index in [4.69, 9.17) is 14.6 Å². The van der Waals surface area contributed by atoms with E-state index in [0.717, 1.165) is 5.56 Å². The molecule has 0 saturated carbocycles. The van der Waals surface area contributed by atoms with Crippen LogP contribution in [0, 0.1) is 0 Å². The molecular formula is C19H21N5O6. The number of carboxylic acid groups (broad SMARTS) is 2. The number of amides is 1. The number of methoxy groups -OCH3 is 1. The van der Waals surface area contributed by atoms with E-state index in [9.17, 15) is 14.7 Å². The van der Waals surface area contributed by atoms with Crippen LogP contribution >= 0.6 is 0 Å². The molecule has 2 heterocycles. The molecule has 0 spiro atoms. The van der Waals surface area contributed by atoms with Crippen molar-refractivity contribution < 1.29 is 29.3 Å². The highest BCUT2D eigenvalue weighted by atomic mass is 16.5. The molecule has 1 amide bonds. The Morgan fingerprint density at radius 1 is 1.30 bits per heavy atom. The maximum Gasteiger partial charge on any atom is 0.354 e. The summed E-state index contributed by atoms with van der Waals surface area (Å²) in [5, 5.41) is 25.5. The number of imidazole rings is 1. The minimum atomic E-state index is -1.12. The van der Waals surface area contributed by atoms with Gasteiger partial charge in [0.1, 0.15) is 11.4 Å². The SMILES string of the molecule is COc1ccccc1-c1ncn(CCNC(C)=O)c1-c1cn[nH]c1C(=O)O.O=CO. The lowest BCUT2D eigenvalue weighted by molar-refractivity contribution is -0.123. The summed E-state index contributed by atoms with van der Waals surface area (Å²) in [6, 6.07) is 7.36. The van der Waals surface area contributed by atoms with Crippen LogP contribution in [0.1, 0.15) is 17.4 Å². The van der Waals surface area contributed by atoms with E-state index in [1.807, 2.05) is 24.3 Å². The number of aromatic amines is 1. The van der Waals surface area contributed by atoms with Crippen LogP contribution in [-0.4, -0.2) is 62.0 Å². The molecule has 30 heavy (non-hydrogen) atoms. The zero-order chi connectivity index (χ0) is 22.1. The summed E-state index contributed by atoms with van der Waals surface area (Å²) >= 11 is 0. The fraction of sp³-hybridized carbons (Fsp3) is 0.211. The number of H-pyrrole nitrogens is 1. The summed E-state index contributed by atoms with van der Waals surface area (Å²) in [5.74, 6) is -0.648. The number of carbonyl (C=O) groups excluding carboxylic acids is 1. The molecule has 0 unspecified atom stereocenters. The van der Waals surface area contributed by atoms with Gasteiger partial charge in [-0.2, -0.15) is 5.10 Å². The number of aromatic carboxylic acids is 1. The zero-order valence-electron chi connectivity index (χ0n) is 16.3. The molecule has 0 bridgehead atoms. The summed E-state index contributed by atoms with van der Waals surface area (Å²) in [6.45, 7) is 1.99. The number of carbonyl (C=O) groups is 3. The van der Waals surface area contributed by atoms with E-state index in [-0.39, 0.29) is 18.1 Å². The van der Waals surface area contributed by atoms with Gasteiger partial charge in [0.05, 0.1) is 30.9 Å². The molecule has 0 fully saturated rings. The molecule has 0 atom stereocenters. The first-order valence-electron chi connectivity index (χ1n) is 8.72. The second-order valence-electron chi connectivity index (χ2n) is 5.89. The molecule has 158 valence electrons. The Morgan fingerprint density at radius 2 is 2.00 bits per heavy atom. The number of para-hydroxylation sites is 1. The van der Waals surface area contributed by atoms with E-state index in [0.29, 0.717) is 35.8 Å². The molecule has 0 aliphatic carbocycles. The molecule has 0 radical (unpaired) electrons. The number of rotatable bonds is 7. The first kappa shape index (κ1) is 22.1. The van der Waals surface area contributed by atoms with Gasteiger partial charge in [-0.05, 0) is 12.1 Å². The minimum absolute atomic E-state index is 0.0348. The lowest BCUT2D eigenvalue weighted by Crippen LogP contribution is -2.24. The largest absolute Gasteiger partial charge is 0.496 e. The van der Waals surface area contributed by atoms with Gasteiger partial charge in [0, 0.05) is 25.6 Å². The molecule has 11 nitrogen and oxygen atoms in total. The number of aromatic nitrogens is 4. The summed E-state index contributed by atoms with van der Waals surface area (Å²) in [4.78, 5) is 35.6. The highest BCUT2D eigenvalue weighted by Crippen LogP contribution is 2.37. The molecule has 3 aromatic rings. The van der Waals surface area contributed by atoms with Crippen LogP contribution in [0.5, 0.6) is 5.75 Å². The van der Waals surface area contributed by atoms with Gasteiger partial charge in [0.15, 0.2) is 5.69 Å². The van der Waals surface area contributed by atoms with Gasteiger partial charge in [0.2, 0.25) is 5.91 Å². The number of nitrogens with one attached hydrogen (secondary N) is 2. The van der Waals surface area contributed by atoms with E-state index in [1.165, 1.54) is 13.1 Å². The molecule has 0 aliphatic rings. The van der Waals surface area contributed by atoms with Crippen LogP contribution in [0.25, 0.3) is 22.5 Å². The third-order valence-corrected chi connectivity index (χ3v) is 4.03. The summed E-state index contributed by atoms with van der Waals surface area (Å²) < 4.78 is 7.21. The number of hydrogen-bond acceptors (Lipinski definition) is 6. The van der Waals surface area contributed by atoms with Crippen LogP contribution in [0.3, 0.4) is 0 Å². The number of ether oxygens (including phenoxy) is 1. The topological polar surface area (TPSA) is 159 Å². The van der Waals surface area contributed by atoms with Crippen molar-refractivity contribution in [2.45, 2.75) is 13.5 Å². The van der Waals surface area contributed by atoms with Gasteiger partial charge in [-0.1, -0.05) is 12.1 Å². The third kappa shape index (κ3) is 5.01. The minimum Gasteiger partial charge on any atom is -0.496 e. The first-order chi connectivity index (χ1) is 14.4. The van der Waals surface area contributed by atoms with Crippen molar-refractivity contribution in [3.8, 4) is 28.3 Å². The molecule has 4 N–H and O–H groups in total.